The molecule has 0 aromatic heterocycles. The van der Waals surface area contributed by atoms with Crippen molar-refractivity contribution in [2.45, 2.75) is 24.8 Å². The van der Waals surface area contributed by atoms with Crippen LogP contribution in [0.3, 0.4) is 0 Å². The summed E-state index contributed by atoms with van der Waals surface area (Å²) in [6.45, 7) is 0.0592. The summed E-state index contributed by atoms with van der Waals surface area (Å²) >= 11 is 0. The molecule has 3 aromatic rings. The number of aliphatic carboxylic acids is 1. The number of nitrogens with one attached hydrogen (secondary N) is 2. The van der Waals surface area contributed by atoms with Crippen LogP contribution in [0.1, 0.15) is 33.8 Å². The monoisotopic (exact) mass is 480 g/mol. The minimum Gasteiger partial charge on any atom is -0.480 e. The number of carboxylic acids is 1. The number of anilines is 1. The molecule has 1 unspecified atom stereocenters. The van der Waals surface area contributed by atoms with E-state index in [4.69, 9.17) is 9.84 Å². The van der Waals surface area contributed by atoms with E-state index < -0.39 is 36.9 Å². The van der Waals surface area contributed by atoms with Crippen LogP contribution in [0.2, 0.25) is 0 Å². The first-order chi connectivity index (χ1) is 16.8. The van der Waals surface area contributed by atoms with Crippen LogP contribution in [0.25, 0.3) is 11.1 Å². The number of carbonyl (C=O) groups is 3. The Kier molecular flexibility index (Phi) is 7.05. The molecule has 2 amide bonds. The average Bonchev–Trinajstić information content (AvgIpc) is 3.16. The lowest BCUT2D eigenvalue weighted by molar-refractivity contribution is -0.140. The van der Waals surface area contributed by atoms with E-state index in [-0.39, 0.29) is 23.8 Å². The zero-order valence-electron chi connectivity index (χ0n) is 18.4. The Hall–Kier alpha value is -4.27. The molecule has 0 fully saturated rings. The molecule has 0 saturated carbocycles. The Balaban J connectivity index is 1.44. The molecule has 3 aromatic carbocycles. The molecule has 7 nitrogen and oxygen atoms in total. The quantitative estimate of drug-likeness (QED) is 0.426. The van der Waals surface area contributed by atoms with E-state index in [2.05, 4.69) is 10.6 Å². The van der Waals surface area contributed by atoms with Gasteiger partial charge in [-0.05, 0) is 34.4 Å². The van der Waals surface area contributed by atoms with Gasteiger partial charge in [-0.25, -0.2) is 18.4 Å². The third-order valence-corrected chi connectivity index (χ3v) is 5.77. The van der Waals surface area contributed by atoms with Gasteiger partial charge >= 0.3 is 12.1 Å². The standard InChI is InChI=1S/C26H22F2N2O5/c27-23(28)13-22(25(32)33)29-24(31)19-11-5-6-12-21(19)30-26(34)35-14-20-17-9-3-1-7-15(17)16-8-2-4-10-18(16)20/h1-12,20,22-23H,13-14H2,(H,29,31)(H,30,34)(H,32,33). The van der Waals surface area contributed by atoms with Crippen LogP contribution in [0.5, 0.6) is 0 Å². The molecule has 3 N–H and O–H groups in total. The second-order valence-electron chi connectivity index (χ2n) is 7.99. The van der Waals surface area contributed by atoms with Crippen LogP contribution in [0.15, 0.2) is 72.8 Å². The Labute approximate surface area is 199 Å². The van der Waals surface area contributed by atoms with E-state index >= 15 is 0 Å². The van der Waals surface area contributed by atoms with Gasteiger partial charge in [0.25, 0.3) is 5.91 Å². The number of hydrogen-bond acceptors (Lipinski definition) is 4. The van der Waals surface area contributed by atoms with Crippen molar-refractivity contribution in [3.05, 3.63) is 89.5 Å². The maximum absolute atomic E-state index is 12.7. The summed E-state index contributed by atoms with van der Waals surface area (Å²) in [5.74, 6) is -2.65. The maximum atomic E-state index is 12.7. The van der Waals surface area contributed by atoms with Gasteiger partial charge in [0.15, 0.2) is 0 Å². The fourth-order valence-electron chi connectivity index (χ4n) is 4.17. The van der Waals surface area contributed by atoms with Crippen LogP contribution >= 0.6 is 0 Å². The Morgan fingerprint density at radius 3 is 2.06 bits per heavy atom. The van der Waals surface area contributed by atoms with Gasteiger partial charge in [0.1, 0.15) is 12.6 Å². The Morgan fingerprint density at radius 1 is 0.886 bits per heavy atom. The minimum absolute atomic E-state index is 0.0587. The van der Waals surface area contributed by atoms with Crippen LogP contribution in [-0.2, 0) is 9.53 Å². The lowest BCUT2D eigenvalue weighted by Gasteiger charge is -2.17. The molecule has 0 radical (unpaired) electrons. The first kappa shape index (κ1) is 23.9. The molecule has 0 bridgehead atoms. The summed E-state index contributed by atoms with van der Waals surface area (Å²) in [7, 11) is 0. The summed E-state index contributed by atoms with van der Waals surface area (Å²) in [5.41, 5.74) is 4.22. The van der Waals surface area contributed by atoms with Gasteiger partial charge in [-0.2, -0.15) is 0 Å². The van der Waals surface area contributed by atoms with Gasteiger partial charge < -0.3 is 15.2 Å². The number of amides is 2. The number of fused-ring (bicyclic) bond motifs is 3. The summed E-state index contributed by atoms with van der Waals surface area (Å²) in [6.07, 6.45) is -4.76. The Morgan fingerprint density at radius 2 is 1.46 bits per heavy atom. The summed E-state index contributed by atoms with van der Waals surface area (Å²) < 4.78 is 30.8. The number of hydrogen-bond donors (Lipinski definition) is 3. The molecule has 180 valence electrons. The zero-order chi connectivity index (χ0) is 24.9. The largest absolute Gasteiger partial charge is 0.480 e. The van der Waals surface area contributed by atoms with Gasteiger partial charge in [-0.3, -0.25) is 10.1 Å². The van der Waals surface area contributed by atoms with Crippen molar-refractivity contribution in [2.24, 2.45) is 0 Å². The zero-order valence-corrected chi connectivity index (χ0v) is 18.4. The molecule has 1 aliphatic rings. The van der Waals surface area contributed by atoms with E-state index in [1.807, 2.05) is 48.5 Å². The van der Waals surface area contributed by atoms with Gasteiger partial charge in [-0.15, -0.1) is 0 Å². The molecule has 9 heteroatoms. The smallest absolute Gasteiger partial charge is 0.411 e. The van der Waals surface area contributed by atoms with Crippen LogP contribution < -0.4 is 10.6 Å². The highest BCUT2D eigenvalue weighted by Gasteiger charge is 2.29. The molecule has 0 aliphatic heterocycles. The second-order valence-corrected chi connectivity index (χ2v) is 7.99. The molecule has 0 heterocycles. The maximum Gasteiger partial charge on any atom is 0.411 e. The predicted molar refractivity (Wildman–Crippen MR) is 125 cm³/mol. The van der Waals surface area contributed by atoms with Gasteiger partial charge in [0.2, 0.25) is 6.43 Å². The highest BCUT2D eigenvalue weighted by atomic mass is 19.3. The molecular weight excluding hydrogens is 458 g/mol. The molecule has 0 saturated heterocycles. The van der Waals surface area contributed by atoms with Crippen molar-refractivity contribution in [2.75, 3.05) is 11.9 Å². The molecule has 35 heavy (non-hydrogen) atoms. The third kappa shape index (κ3) is 5.29. The van der Waals surface area contributed by atoms with Crippen LogP contribution in [0, 0.1) is 0 Å². The van der Waals surface area contributed by atoms with Crippen molar-refractivity contribution in [1.82, 2.24) is 5.32 Å². The number of carbonyl (C=O) groups excluding carboxylic acids is 2. The number of para-hydroxylation sites is 1. The normalized spacial score (nSPS) is 13.0. The van der Waals surface area contributed by atoms with E-state index in [9.17, 15) is 23.2 Å². The fraction of sp³-hybridized carbons (Fsp3) is 0.192. The van der Waals surface area contributed by atoms with E-state index in [0.29, 0.717) is 0 Å². The van der Waals surface area contributed by atoms with Crippen molar-refractivity contribution >= 4 is 23.7 Å². The topological polar surface area (TPSA) is 105 Å². The van der Waals surface area contributed by atoms with E-state index in [0.717, 1.165) is 22.3 Å². The molecule has 1 aliphatic carbocycles. The SMILES string of the molecule is O=C(Nc1ccccc1C(=O)NC(CC(F)F)C(=O)O)OCC1c2ccccc2-c2ccccc21. The average molecular weight is 480 g/mol. The predicted octanol–water partition coefficient (Wildman–Crippen LogP) is 4.89. The summed E-state index contributed by atoms with van der Waals surface area (Å²) in [5, 5.41) is 13.7. The molecule has 0 spiro atoms. The number of halogens is 2. The van der Waals surface area contributed by atoms with E-state index in [1.54, 1.807) is 6.07 Å². The number of ether oxygens (including phenoxy) is 1. The second kappa shape index (κ2) is 10.3. The summed E-state index contributed by atoms with van der Waals surface area (Å²) in [6, 6.07) is 19.8. The van der Waals surface area contributed by atoms with Crippen molar-refractivity contribution in [3.8, 4) is 11.1 Å². The lowest BCUT2D eigenvalue weighted by atomic mass is 9.98. The number of benzene rings is 3. The molecule has 1 atom stereocenters. The number of rotatable bonds is 8. The van der Waals surface area contributed by atoms with Crippen molar-refractivity contribution in [3.63, 3.8) is 0 Å². The first-order valence-electron chi connectivity index (χ1n) is 10.9. The van der Waals surface area contributed by atoms with Gasteiger partial charge in [0.05, 0.1) is 11.3 Å². The Bertz CT molecular complexity index is 1220. The van der Waals surface area contributed by atoms with E-state index in [1.165, 1.54) is 18.2 Å². The van der Waals surface area contributed by atoms with Crippen molar-refractivity contribution < 1.29 is 33.0 Å². The van der Waals surface area contributed by atoms with Gasteiger partial charge in [-0.1, -0.05) is 60.7 Å². The lowest BCUT2D eigenvalue weighted by Crippen LogP contribution is -2.42. The molecular formula is C26H22F2N2O5. The third-order valence-electron chi connectivity index (χ3n) is 5.77. The van der Waals surface area contributed by atoms with Gasteiger partial charge in [0, 0.05) is 12.3 Å². The minimum atomic E-state index is -2.91. The first-order valence-corrected chi connectivity index (χ1v) is 10.9. The molecule has 4 rings (SSSR count). The van der Waals surface area contributed by atoms with Crippen LogP contribution in [-0.4, -0.2) is 42.2 Å². The van der Waals surface area contributed by atoms with Crippen molar-refractivity contribution in [1.29, 1.82) is 0 Å². The summed E-state index contributed by atoms with van der Waals surface area (Å²) in [4.78, 5) is 36.4. The fourth-order valence-corrected chi connectivity index (χ4v) is 4.17. The highest BCUT2D eigenvalue weighted by molar-refractivity contribution is 6.03. The van der Waals surface area contributed by atoms with Crippen LogP contribution in [0.4, 0.5) is 19.3 Å². The highest BCUT2D eigenvalue weighted by Crippen LogP contribution is 2.44. The number of alkyl halides is 2. The number of carboxylic acid groups (broad SMARTS) is 1.